The highest BCUT2D eigenvalue weighted by molar-refractivity contribution is 9.10. The summed E-state index contributed by atoms with van der Waals surface area (Å²) < 4.78 is 0.871. The summed E-state index contributed by atoms with van der Waals surface area (Å²) in [5, 5.41) is 16.8. The number of hydrogen-bond acceptors (Lipinski definition) is 4. The largest absolute Gasteiger partial charge is 0.384 e. The maximum Gasteiger partial charge on any atom is 0.258 e. The van der Waals surface area contributed by atoms with Gasteiger partial charge in [-0.2, -0.15) is 0 Å². The van der Waals surface area contributed by atoms with Crippen LogP contribution in [0.15, 0.2) is 64.0 Å². The Labute approximate surface area is 189 Å². The van der Waals surface area contributed by atoms with Crippen molar-refractivity contribution in [3.8, 4) is 0 Å². The van der Waals surface area contributed by atoms with Crippen LogP contribution in [0, 0.1) is 5.41 Å². The van der Waals surface area contributed by atoms with Gasteiger partial charge in [0.25, 0.3) is 5.56 Å². The van der Waals surface area contributed by atoms with Crippen molar-refractivity contribution in [2.24, 2.45) is 5.41 Å². The van der Waals surface area contributed by atoms with Gasteiger partial charge in [-0.15, -0.1) is 0 Å². The molecule has 0 aliphatic rings. The fourth-order valence-electron chi connectivity index (χ4n) is 3.56. The lowest BCUT2D eigenvalue weighted by molar-refractivity contribution is 0.221. The molecule has 2 heterocycles. The highest BCUT2D eigenvalue weighted by Gasteiger charge is 2.24. The first-order chi connectivity index (χ1) is 14.7. The molecule has 0 aliphatic heterocycles. The Morgan fingerprint density at radius 1 is 1.10 bits per heavy atom. The van der Waals surface area contributed by atoms with Crippen LogP contribution in [-0.2, 0) is 0 Å². The van der Waals surface area contributed by atoms with Gasteiger partial charge >= 0.3 is 0 Å². The molecule has 160 valence electrons. The third kappa shape index (κ3) is 4.10. The van der Waals surface area contributed by atoms with E-state index in [1.807, 2.05) is 48.5 Å². The zero-order valence-electron chi connectivity index (χ0n) is 18.0. The smallest absolute Gasteiger partial charge is 0.258 e. The zero-order valence-corrected chi connectivity index (χ0v) is 19.6. The molecular formula is C25H26BrN3O2. The molecule has 0 amide bonds. The number of aliphatic hydroxyl groups excluding tert-OH is 1. The van der Waals surface area contributed by atoms with Crippen molar-refractivity contribution >= 4 is 43.4 Å². The van der Waals surface area contributed by atoms with Crippen LogP contribution >= 0.6 is 15.9 Å². The molecular weight excluding hydrogens is 454 g/mol. The third-order valence-electron chi connectivity index (χ3n) is 5.89. The quantitative estimate of drug-likeness (QED) is 0.324. The van der Waals surface area contributed by atoms with E-state index in [-0.39, 0.29) is 17.0 Å². The summed E-state index contributed by atoms with van der Waals surface area (Å²) in [6, 6.07) is 15.4. The average Bonchev–Trinajstić information content (AvgIpc) is 2.73. The number of pyridine rings is 2. The number of hydrogen-bond donors (Lipinski definition) is 3. The average molecular weight is 480 g/mol. The molecule has 0 fully saturated rings. The number of nitrogens with zero attached hydrogens (tertiary/aromatic N) is 1. The molecule has 0 bridgehead atoms. The van der Waals surface area contributed by atoms with Crippen molar-refractivity contribution < 1.29 is 5.11 Å². The molecule has 31 heavy (non-hydrogen) atoms. The van der Waals surface area contributed by atoms with Gasteiger partial charge in [-0.05, 0) is 36.1 Å². The summed E-state index contributed by atoms with van der Waals surface area (Å²) in [6.45, 7) is 8.62. The maximum atomic E-state index is 12.9. The first kappa shape index (κ1) is 21.5. The minimum absolute atomic E-state index is 0.0128. The first-order valence-corrected chi connectivity index (χ1v) is 11.1. The molecule has 0 spiro atoms. The highest BCUT2D eigenvalue weighted by Crippen LogP contribution is 2.35. The molecule has 0 saturated heterocycles. The van der Waals surface area contributed by atoms with Gasteiger partial charge in [0.15, 0.2) is 0 Å². The van der Waals surface area contributed by atoms with Gasteiger partial charge in [-0.3, -0.25) is 4.79 Å². The summed E-state index contributed by atoms with van der Waals surface area (Å²) in [7, 11) is 0. The van der Waals surface area contributed by atoms with Gasteiger partial charge < -0.3 is 15.4 Å². The van der Waals surface area contributed by atoms with Crippen LogP contribution in [0.5, 0.6) is 0 Å². The molecule has 3 N–H and O–H groups in total. The predicted octanol–water partition coefficient (Wildman–Crippen LogP) is 5.77. The van der Waals surface area contributed by atoms with Crippen molar-refractivity contribution in [1.29, 1.82) is 0 Å². The predicted molar refractivity (Wildman–Crippen MR) is 131 cm³/mol. The van der Waals surface area contributed by atoms with E-state index >= 15 is 0 Å². The van der Waals surface area contributed by atoms with Gasteiger partial charge in [0.1, 0.15) is 11.9 Å². The van der Waals surface area contributed by atoms with Crippen molar-refractivity contribution in [2.45, 2.75) is 39.8 Å². The van der Waals surface area contributed by atoms with Crippen LogP contribution in [-0.4, -0.2) is 21.1 Å². The highest BCUT2D eigenvalue weighted by atomic mass is 79.9. The Balaban J connectivity index is 2.03. The van der Waals surface area contributed by atoms with E-state index in [4.69, 9.17) is 4.98 Å². The Morgan fingerprint density at radius 2 is 1.81 bits per heavy atom. The van der Waals surface area contributed by atoms with E-state index in [2.05, 4.69) is 53.9 Å². The molecule has 0 saturated carbocycles. The number of aromatic nitrogens is 2. The molecule has 2 aromatic carbocycles. The summed E-state index contributed by atoms with van der Waals surface area (Å²) in [4.78, 5) is 20.6. The third-order valence-corrected chi connectivity index (χ3v) is 6.38. The van der Waals surface area contributed by atoms with E-state index in [0.717, 1.165) is 20.8 Å². The lowest BCUT2D eigenvalue weighted by Gasteiger charge is -2.29. The number of rotatable bonds is 4. The van der Waals surface area contributed by atoms with E-state index in [1.54, 1.807) is 6.20 Å². The van der Waals surface area contributed by atoms with Crippen molar-refractivity contribution in [2.75, 3.05) is 5.32 Å². The van der Waals surface area contributed by atoms with Gasteiger partial charge in [0.2, 0.25) is 0 Å². The van der Waals surface area contributed by atoms with Crippen molar-refractivity contribution in [1.82, 2.24) is 9.97 Å². The van der Waals surface area contributed by atoms with Crippen molar-refractivity contribution in [3.63, 3.8) is 0 Å². The summed E-state index contributed by atoms with van der Waals surface area (Å²) >= 11 is 3.53. The molecule has 6 heteroatoms. The van der Waals surface area contributed by atoms with Gasteiger partial charge in [0.05, 0.1) is 10.9 Å². The second-order valence-corrected chi connectivity index (χ2v) is 9.91. The summed E-state index contributed by atoms with van der Waals surface area (Å²) in [5.74, 6) is 0.699. The van der Waals surface area contributed by atoms with Crippen LogP contribution in [0.4, 0.5) is 5.82 Å². The number of fused-ring (bicyclic) bond motifs is 3. The Morgan fingerprint density at radius 3 is 2.48 bits per heavy atom. The van der Waals surface area contributed by atoms with Crippen LogP contribution in [0.25, 0.3) is 21.7 Å². The fourth-order valence-corrected chi connectivity index (χ4v) is 3.92. The Hall–Kier alpha value is -2.70. The summed E-state index contributed by atoms with van der Waals surface area (Å²) in [5.41, 5.74) is 1.58. The minimum atomic E-state index is -0.912. The second-order valence-electron chi connectivity index (χ2n) is 8.99. The number of nitrogens with one attached hydrogen (secondary N) is 2. The van der Waals surface area contributed by atoms with Gasteiger partial charge in [0, 0.05) is 33.0 Å². The lowest BCUT2D eigenvalue weighted by atomic mass is 9.88. The molecule has 0 aliphatic carbocycles. The number of benzene rings is 2. The molecule has 4 aromatic rings. The SMILES string of the molecule is CC(Nc1nc2c([C@@H](O)c3ccccc3)c[nH]c(=O)c2c2cc(Br)ccc12)C(C)(C)C. The van der Waals surface area contributed by atoms with Crippen LogP contribution in [0.3, 0.4) is 0 Å². The standard InChI is InChI=1S/C25H26BrN3O2/c1-14(25(2,3)4)28-23-17-11-10-16(26)12-18(17)20-21(29-23)19(13-27-24(20)31)22(30)15-8-6-5-7-9-15/h5-14,22,30H,1-4H3,(H,27,31)(H,28,29)/t14?,22-/m0/s1. The number of aromatic amines is 1. The molecule has 5 nitrogen and oxygen atoms in total. The zero-order chi connectivity index (χ0) is 22.3. The molecule has 4 rings (SSSR count). The van der Waals surface area contributed by atoms with E-state index in [9.17, 15) is 9.90 Å². The maximum absolute atomic E-state index is 12.9. The van der Waals surface area contributed by atoms with Gasteiger partial charge in [-0.25, -0.2) is 4.98 Å². The van der Waals surface area contributed by atoms with Crippen LogP contribution in [0.1, 0.15) is 44.9 Å². The van der Waals surface area contributed by atoms with Gasteiger partial charge in [-0.1, -0.05) is 67.0 Å². The molecule has 0 radical (unpaired) electrons. The lowest BCUT2D eigenvalue weighted by Crippen LogP contribution is -2.31. The second kappa shape index (κ2) is 8.09. The van der Waals surface area contributed by atoms with Crippen LogP contribution in [0.2, 0.25) is 0 Å². The molecule has 1 unspecified atom stereocenters. The van der Waals surface area contributed by atoms with E-state index < -0.39 is 6.10 Å². The number of aliphatic hydroxyl groups is 1. The monoisotopic (exact) mass is 479 g/mol. The Bertz CT molecular complexity index is 1310. The summed E-state index contributed by atoms with van der Waals surface area (Å²) in [6.07, 6.45) is 0.654. The van der Waals surface area contributed by atoms with E-state index in [1.165, 1.54) is 0 Å². The first-order valence-electron chi connectivity index (χ1n) is 10.3. The molecule has 2 aromatic heterocycles. The number of anilines is 1. The van der Waals surface area contributed by atoms with Crippen molar-refractivity contribution in [3.05, 3.63) is 80.7 Å². The minimum Gasteiger partial charge on any atom is -0.384 e. The molecule has 2 atom stereocenters. The Kier molecular flexibility index (Phi) is 5.62. The van der Waals surface area contributed by atoms with E-state index in [0.29, 0.717) is 22.3 Å². The fraction of sp³-hybridized carbons (Fsp3) is 0.280. The number of halogens is 1. The normalized spacial score (nSPS) is 14.0. The van der Waals surface area contributed by atoms with Crippen LogP contribution < -0.4 is 10.9 Å². The number of H-pyrrole nitrogens is 1. The topological polar surface area (TPSA) is 78.0 Å².